The summed E-state index contributed by atoms with van der Waals surface area (Å²) in [7, 11) is 0. The van der Waals surface area contributed by atoms with Gasteiger partial charge in [0.15, 0.2) is 0 Å². The van der Waals surface area contributed by atoms with Crippen molar-refractivity contribution in [3.05, 3.63) is 83.6 Å². The third kappa shape index (κ3) is 4.05. The number of furan rings is 1. The van der Waals surface area contributed by atoms with E-state index in [-0.39, 0.29) is 5.57 Å². The maximum atomic E-state index is 13.0. The Morgan fingerprint density at radius 2 is 1.68 bits per heavy atom. The first-order chi connectivity index (χ1) is 15.0. The van der Waals surface area contributed by atoms with Gasteiger partial charge in [0.2, 0.25) is 0 Å². The monoisotopic (exact) mass is 414 g/mol. The number of nitrogens with one attached hydrogen (secondary N) is 1. The fourth-order valence-electron chi connectivity index (χ4n) is 3.41. The molecule has 0 saturated carbocycles. The lowest BCUT2D eigenvalue weighted by Crippen LogP contribution is -2.54. The van der Waals surface area contributed by atoms with Crippen LogP contribution in [0, 0.1) is 0 Å². The van der Waals surface area contributed by atoms with Crippen LogP contribution in [0.25, 0.3) is 17.4 Å². The molecule has 1 saturated heterocycles. The van der Waals surface area contributed by atoms with E-state index in [0.717, 1.165) is 22.4 Å². The Morgan fingerprint density at radius 1 is 0.968 bits per heavy atom. The van der Waals surface area contributed by atoms with Crippen molar-refractivity contribution in [1.29, 1.82) is 0 Å². The standard InChI is InChI=1S/C25H22N2O4/c1-3-16(2)17-9-11-19(12-10-17)27-24(29)21(23(28)26-25(27)30)15-20-13-14-22(31-20)18-7-5-4-6-8-18/h4-16H,3H2,1-2H3,(H,26,28,30)/b21-15+/t16-/m1/s1. The van der Waals surface area contributed by atoms with Crippen molar-refractivity contribution in [2.45, 2.75) is 26.2 Å². The zero-order chi connectivity index (χ0) is 22.0. The van der Waals surface area contributed by atoms with Gasteiger partial charge in [0.25, 0.3) is 11.8 Å². The lowest BCUT2D eigenvalue weighted by molar-refractivity contribution is -0.122. The highest BCUT2D eigenvalue weighted by atomic mass is 16.3. The van der Waals surface area contributed by atoms with Crippen LogP contribution < -0.4 is 10.2 Å². The number of barbiturate groups is 1. The van der Waals surface area contributed by atoms with Crippen LogP contribution in [0.1, 0.15) is 37.5 Å². The highest BCUT2D eigenvalue weighted by Crippen LogP contribution is 2.27. The van der Waals surface area contributed by atoms with Crippen molar-refractivity contribution in [3.8, 4) is 11.3 Å². The maximum absolute atomic E-state index is 13.0. The minimum atomic E-state index is -0.771. The average Bonchev–Trinajstić information content (AvgIpc) is 3.26. The van der Waals surface area contributed by atoms with Crippen molar-refractivity contribution in [3.63, 3.8) is 0 Å². The van der Waals surface area contributed by atoms with Crippen LogP contribution in [0.4, 0.5) is 10.5 Å². The molecule has 6 heteroatoms. The van der Waals surface area contributed by atoms with Gasteiger partial charge in [-0.1, -0.05) is 56.3 Å². The van der Waals surface area contributed by atoms with Gasteiger partial charge in [0.05, 0.1) is 5.69 Å². The van der Waals surface area contributed by atoms with Gasteiger partial charge < -0.3 is 4.42 Å². The molecule has 2 aromatic carbocycles. The first-order valence-electron chi connectivity index (χ1n) is 10.1. The molecule has 6 nitrogen and oxygen atoms in total. The summed E-state index contributed by atoms with van der Waals surface area (Å²) >= 11 is 0. The second-order valence-electron chi connectivity index (χ2n) is 7.43. The molecule has 2 heterocycles. The minimum absolute atomic E-state index is 0.167. The number of carbonyl (C=O) groups is 3. The third-order valence-corrected chi connectivity index (χ3v) is 5.41. The van der Waals surface area contributed by atoms with Gasteiger partial charge in [-0.2, -0.15) is 0 Å². The van der Waals surface area contributed by atoms with Gasteiger partial charge in [0, 0.05) is 5.56 Å². The first-order valence-corrected chi connectivity index (χ1v) is 10.1. The van der Waals surface area contributed by atoms with E-state index in [9.17, 15) is 14.4 Å². The number of carbonyl (C=O) groups excluding carboxylic acids is 3. The summed E-state index contributed by atoms with van der Waals surface area (Å²) in [6, 6.07) is 19.4. The predicted molar refractivity (Wildman–Crippen MR) is 118 cm³/mol. The van der Waals surface area contributed by atoms with Crippen LogP contribution in [-0.2, 0) is 9.59 Å². The topological polar surface area (TPSA) is 79.6 Å². The van der Waals surface area contributed by atoms with Gasteiger partial charge in [-0.15, -0.1) is 0 Å². The molecule has 0 bridgehead atoms. The van der Waals surface area contributed by atoms with Gasteiger partial charge in [-0.3, -0.25) is 14.9 Å². The van der Waals surface area contributed by atoms with E-state index in [1.165, 1.54) is 6.08 Å². The van der Waals surface area contributed by atoms with Crippen LogP contribution in [0.5, 0.6) is 0 Å². The summed E-state index contributed by atoms with van der Waals surface area (Å²) in [4.78, 5) is 38.8. The van der Waals surface area contributed by atoms with Crippen molar-refractivity contribution < 1.29 is 18.8 Å². The number of rotatable bonds is 5. The summed E-state index contributed by atoms with van der Waals surface area (Å²) in [5.74, 6) is -0.110. The van der Waals surface area contributed by atoms with E-state index in [1.54, 1.807) is 24.3 Å². The number of amides is 4. The number of urea groups is 1. The minimum Gasteiger partial charge on any atom is -0.457 e. The van der Waals surface area contributed by atoms with Crippen LogP contribution in [0.3, 0.4) is 0 Å². The van der Waals surface area contributed by atoms with Crippen molar-refractivity contribution >= 4 is 29.6 Å². The molecule has 1 atom stereocenters. The number of benzene rings is 2. The summed E-state index contributed by atoms with van der Waals surface area (Å²) in [6.45, 7) is 4.21. The summed E-state index contributed by atoms with van der Waals surface area (Å²) in [5, 5.41) is 2.23. The molecule has 1 aliphatic rings. The van der Waals surface area contributed by atoms with Gasteiger partial charge in [0.1, 0.15) is 17.1 Å². The summed E-state index contributed by atoms with van der Waals surface area (Å²) in [5.41, 5.74) is 2.23. The SMILES string of the molecule is CC[C@@H](C)c1ccc(N2C(=O)NC(=O)/C(=C\c3ccc(-c4ccccc4)o3)C2=O)cc1. The molecule has 0 aliphatic carbocycles. The number of hydrogen-bond acceptors (Lipinski definition) is 4. The molecule has 3 aromatic rings. The molecular formula is C25H22N2O4. The molecular weight excluding hydrogens is 392 g/mol. The Bertz CT molecular complexity index is 1160. The average molecular weight is 414 g/mol. The van der Waals surface area contributed by atoms with E-state index >= 15 is 0 Å². The molecule has 1 N–H and O–H groups in total. The highest BCUT2D eigenvalue weighted by Gasteiger charge is 2.37. The first kappa shape index (κ1) is 20.3. The van der Waals surface area contributed by atoms with Crippen molar-refractivity contribution in [2.75, 3.05) is 4.90 Å². The van der Waals surface area contributed by atoms with Gasteiger partial charge >= 0.3 is 6.03 Å². The van der Waals surface area contributed by atoms with Gasteiger partial charge in [-0.25, -0.2) is 9.69 Å². The molecule has 1 aliphatic heterocycles. The lowest BCUT2D eigenvalue weighted by atomic mass is 9.98. The second-order valence-corrected chi connectivity index (χ2v) is 7.43. The van der Waals surface area contributed by atoms with E-state index < -0.39 is 17.8 Å². The zero-order valence-corrected chi connectivity index (χ0v) is 17.3. The fourth-order valence-corrected chi connectivity index (χ4v) is 3.41. The molecule has 0 radical (unpaired) electrons. The van der Waals surface area contributed by atoms with Gasteiger partial charge in [-0.05, 0) is 48.2 Å². The Morgan fingerprint density at radius 3 is 2.35 bits per heavy atom. The molecule has 4 rings (SSSR count). The van der Waals surface area contributed by atoms with Crippen LogP contribution in [0.2, 0.25) is 0 Å². The number of nitrogens with zero attached hydrogens (tertiary/aromatic N) is 1. The molecule has 4 amide bonds. The molecule has 31 heavy (non-hydrogen) atoms. The van der Waals surface area contributed by atoms with Crippen molar-refractivity contribution in [1.82, 2.24) is 5.32 Å². The molecule has 0 unspecified atom stereocenters. The van der Waals surface area contributed by atoms with Crippen LogP contribution >= 0.6 is 0 Å². The van der Waals surface area contributed by atoms with Crippen LogP contribution in [-0.4, -0.2) is 17.8 Å². The smallest absolute Gasteiger partial charge is 0.335 e. The zero-order valence-electron chi connectivity index (χ0n) is 17.3. The molecule has 156 valence electrons. The molecule has 1 fully saturated rings. The Kier molecular flexibility index (Phi) is 5.54. The molecule has 0 spiro atoms. The Labute approximate surface area is 180 Å². The largest absolute Gasteiger partial charge is 0.457 e. The summed E-state index contributed by atoms with van der Waals surface area (Å²) in [6.07, 6.45) is 2.34. The van der Waals surface area contributed by atoms with E-state index in [2.05, 4.69) is 19.2 Å². The van der Waals surface area contributed by atoms with E-state index in [1.807, 2.05) is 42.5 Å². The second kappa shape index (κ2) is 8.44. The number of hydrogen-bond donors (Lipinski definition) is 1. The van der Waals surface area contributed by atoms with E-state index in [4.69, 9.17) is 4.42 Å². The normalized spacial score (nSPS) is 16.5. The number of imide groups is 2. The Balaban J connectivity index is 1.63. The molecule has 1 aromatic heterocycles. The highest BCUT2D eigenvalue weighted by molar-refractivity contribution is 6.39. The summed E-state index contributed by atoms with van der Waals surface area (Å²) < 4.78 is 5.78. The van der Waals surface area contributed by atoms with Crippen LogP contribution in [0.15, 0.2) is 76.7 Å². The maximum Gasteiger partial charge on any atom is 0.335 e. The number of anilines is 1. The lowest BCUT2D eigenvalue weighted by Gasteiger charge is -2.26. The van der Waals surface area contributed by atoms with Crippen molar-refractivity contribution in [2.24, 2.45) is 0 Å². The van der Waals surface area contributed by atoms with E-state index in [0.29, 0.717) is 23.1 Å². The quantitative estimate of drug-likeness (QED) is 0.464. The predicted octanol–water partition coefficient (Wildman–Crippen LogP) is 5.13. The fraction of sp³-hybridized carbons (Fsp3) is 0.160. The Hall–Kier alpha value is -3.93. The third-order valence-electron chi connectivity index (χ3n) is 5.41.